The predicted molar refractivity (Wildman–Crippen MR) is 131 cm³/mol. The first-order valence-corrected chi connectivity index (χ1v) is 11.7. The van der Waals surface area contributed by atoms with Gasteiger partial charge in [0.15, 0.2) is 0 Å². The number of rotatable bonds is 10. The lowest BCUT2D eigenvalue weighted by Gasteiger charge is -2.39. The number of esters is 1. The summed E-state index contributed by atoms with van der Waals surface area (Å²) in [5.74, 6) is 1.68. The van der Waals surface area contributed by atoms with Crippen molar-refractivity contribution < 1.29 is 19.0 Å². The van der Waals surface area contributed by atoms with Crippen molar-refractivity contribution in [2.45, 2.75) is 39.0 Å². The van der Waals surface area contributed by atoms with Crippen molar-refractivity contribution in [3.63, 3.8) is 0 Å². The lowest BCUT2D eigenvalue weighted by atomic mass is 9.65. The molecular weight excluding hydrogens is 412 g/mol. The number of methoxy groups -OCH3 is 1. The molecule has 0 heterocycles. The molecule has 3 aromatic carbocycles. The lowest BCUT2D eigenvalue weighted by molar-refractivity contribution is -0.161. The molecule has 0 radical (unpaired) electrons. The monoisotopic (exact) mass is 444 g/mol. The normalized spacial score (nSPS) is 14.2. The van der Waals surface area contributed by atoms with Gasteiger partial charge in [-0.25, -0.2) is 0 Å². The van der Waals surface area contributed by atoms with E-state index in [9.17, 15) is 4.79 Å². The maximum atomic E-state index is 12.4. The Balaban J connectivity index is 1.29. The van der Waals surface area contributed by atoms with Gasteiger partial charge in [-0.05, 0) is 61.1 Å². The van der Waals surface area contributed by atoms with Gasteiger partial charge in [0.25, 0.3) is 0 Å². The summed E-state index contributed by atoms with van der Waals surface area (Å²) < 4.78 is 16.7. The number of benzene rings is 3. The summed E-state index contributed by atoms with van der Waals surface area (Å²) in [5.41, 5.74) is 4.29. The van der Waals surface area contributed by atoms with Gasteiger partial charge >= 0.3 is 5.97 Å². The van der Waals surface area contributed by atoms with Crippen LogP contribution in [0.3, 0.4) is 0 Å². The van der Waals surface area contributed by atoms with E-state index < -0.39 is 0 Å². The largest absolute Gasteiger partial charge is 0.496 e. The van der Waals surface area contributed by atoms with Crippen LogP contribution in [0.15, 0.2) is 72.8 Å². The van der Waals surface area contributed by atoms with E-state index in [2.05, 4.69) is 42.5 Å². The fraction of sp³-hybridized carbons (Fsp3) is 0.345. The Morgan fingerprint density at radius 2 is 1.61 bits per heavy atom. The third-order valence-electron chi connectivity index (χ3n) is 6.52. The maximum Gasteiger partial charge on any atom is 0.312 e. The molecule has 0 amide bonds. The molecule has 0 aromatic heterocycles. The molecule has 33 heavy (non-hydrogen) atoms. The number of carbonyl (C=O) groups excluding carboxylic acids is 1. The molecule has 1 aliphatic rings. The molecule has 4 nitrogen and oxygen atoms in total. The molecule has 1 aliphatic carbocycles. The zero-order chi connectivity index (χ0) is 23.1. The number of hydrogen-bond acceptors (Lipinski definition) is 4. The summed E-state index contributed by atoms with van der Waals surface area (Å²) in [4.78, 5) is 12.4. The minimum Gasteiger partial charge on any atom is -0.496 e. The topological polar surface area (TPSA) is 44.8 Å². The van der Waals surface area contributed by atoms with Crippen LogP contribution < -0.4 is 9.47 Å². The van der Waals surface area contributed by atoms with Crippen LogP contribution >= 0.6 is 0 Å². The van der Waals surface area contributed by atoms with Crippen molar-refractivity contribution in [1.29, 1.82) is 0 Å². The predicted octanol–water partition coefficient (Wildman–Crippen LogP) is 6.26. The Labute approximate surface area is 196 Å². The number of carbonyl (C=O) groups is 1. The minimum absolute atomic E-state index is 0.0479. The van der Waals surface area contributed by atoms with Crippen LogP contribution in [0, 0.1) is 5.41 Å². The third-order valence-corrected chi connectivity index (χ3v) is 6.52. The standard InChI is InChI=1S/C29H32O4/c1-3-32-28(30)29(18-6-19-29)21-23-11-15-25(16-12-23)33-20-17-22-9-13-24(14-10-22)26-7-4-5-8-27(26)31-2/h4-5,7-16H,3,6,17-21H2,1-2H3. The van der Waals surface area contributed by atoms with Crippen molar-refractivity contribution in [3.8, 4) is 22.6 Å². The summed E-state index contributed by atoms with van der Waals surface area (Å²) in [6.45, 7) is 2.92. The molecule has 0 aliphatic heterocycles. The van der Waals surface area contributed by atoms with E-state index in [0.29, 0.717) is 13.2 Å². The van der Waals surface area contributed by atoms with Crippen LogP contribution in [0.4, 0.5) is 0 Å². The molecule has 4 heteroatoms. The molecule has 4 rings (SSSR count). The average molecular weight is 445 g/mol. The minimum atomic E-state index is -0.325. The highest BCUT2D eigenvalue weighted by Gasteiger charge is 2.45. The molecule has 0 bridgehead atoms. The van der Waals surface area contributed by atoms with Crippen molar-refractivity contribution in [1.82, 2.24) is 0 Å². The molecule has 3 aromatic rings. The number of hydrogen-bond donors (Lipinski definition) is 0. The van der Waals surface area contributed by atoms with Crippen molar-refractivity contribution in [2.24, 2.45) is 5.41 Å². The second-order valence-electron chi connectivity index (χ2n) is 8.67. The zero-order valence-corrected chi connectivity index (χ0v) is 19.5. The molecule has 0 unspecified atom stereocenters. The molecule has 0 saturated heterocycles. The fourth-order valence-electron chi connectivity index (χ4n) is 4.46. The molecule has 0 N–H and O–H groups in total. The SMILES string of the molecule is CCOC(=O)C1(Cc2ccc(OCCc3ccc(-c4ccccc4OC)cc3)cc2)CCC1. The van der Waals surface area contributed by atoms with Gasteiger partial charge < -0.3 is 14.2 Å². The van der Waals surface area contributed by atoms with Crippen molar-refractivity contribution >= 4 is 5.97 Å². The van der Waals surface area contributed by atoms with Gasteiger partial charge in [-0.1, -0.05) is 61.0 Å². The summed E-state index contributed by atoms with van der Waals surface area (Å²) in [6, 6.07) is 24.7. The molecule has 172 valence electrons. The van der Waals surface area contributed by atoms with Gasteiger partial charge in [0.2, 0.25) is 0 Å². The van der Waals surface area contributed by atoms with Gasteiger partial charge in [0.1, 0.15) is 11.5 Å². The summed E-state index contributed by atoms with van der Waals surface area (Å²) in [5, 5.41) is 0. The van der Waals surface area contributed by atoms with Crippen LogP contribution in [0.2, 0.25) is 0 Å². The highest BCUT2D eigenvalue weighted by molar-refractivity contribution is 5.78. The summed E-state index contributed by atoms with van der Waals surface area (Å²) in [7, 11) is 1.70. The van der Waals surface area contributed by atoms with E-state index in [1.807, 2.05) is 37.3 Å². The zero-order valence-electron chi connectivity index (χ0n) is 19.5. The quantitative estimate of drug-likeness (QED) is 0.346. The highest BCUT2D eigenvalue weighted by Crippen LogP contribution is 2.45. The molecule has 0 atom stereocenters. The van der Waals surface area contributed by atoms with Crippen LogP contribution in [0.1, 0.15) is 37.3 Å². The highest BCUT2D eigenvalue weighted by atomic mass is 16.5. The smallest absolute Gasteiger partial charge is 0.312 e. The fourth-order valence-corrected chi connectivity index (χ4v) is 4.46. The van der Waals surface area contributed by atoms with Crippen LogP contribution in [0.5, 0.6) is 11.5 Å². The van der Waals surface area contributed by atoms with E-state index in [4.69, 9.17) is 14.2 Å². The first kappa shape index (κ1) is 22.9. The van der Waals surface area contributed by atoms with E-state index >= 15 is 0 Å². The van der Waals surface area contributed by atoms with Crippen molar-refractivity contribution in [2.75, 3.05) is 20.3 Å². The maximum absolute atomic E-state index is 12.4. The summed E-state index contributed by atoms with van der Waals surface area (Å²) in [6.07, 6.45) is 4.50. The lowest BCUT2D eigenvalue weighted by Crippen LogP contribution is -2.41. The second-order valence-corrected chi connectivity index (χ2v) is 8.67. The van der Waals surface area contributed by atoms with Gasteiger partial charge in [-0.3, -0.25) is 4.79 Å². The van der Waals surface area contributed by atoms with Gasteiger partial charge in [-0.15, -0.1) is 0 Å². The summed E-state index contributed by atoms with van der Waals surface area (Å²) >= 11 is 0. The van der Waals surface area contributed by atoms with Crippen molar-refractivity contribution in [3.05, 3.63) is 83.9 Å². The van der Waals surface area contributed by atoms with E-state index in [1.54, 1.807) is 7.11 Å². The molecule has 0 spiro atoms. The Morgan fingerprint density at radius 1 is 0.909 bits per heavy atom. The first-order chi connectivity index (χ1) is 16.1. The average Bonchev–Trinajstić information content (AvgIpc) is 2.83. The first-order valence-electron chi connectivity index (χ1n) is 11.7. The Hall–Kier alpha value is -3.27. The van der Waals surface area contributed by atoms with Crippen LogP contribution in [-0.2, 0) is 22.4 Å². The molecule has 1 saturated carbocycles. The van der Waals surface area contributed by atoms with E-state index in [0.717, 1.165) is 60.3 Å². The van der Waals surface area contributed by atoms with E-state index in [-0.39, 0.29) is 11.4 Å². The second kappa shape index (κ2) is 10.6. The van der Waals surface area contributed by atoms with Gasteiger partial charge in [0.05, 0.1) is 25.7 Å². The Kier molecular flexibility index (Phi) is 7.33. The number of ether oxygens (including phenoxy) is 3. The van der Waals surface area contributed by atoms with Gasteiger partial charge in [0, 0.05) is 12.0 Å². The molecule has 1 fully saturated rings. The van der Waals surface area contributed by atoms with E-state index in [1.165, 1.54) is 5.56 Å². The number of para-hydroxylation sites is 1. The Morgan fingerprint density at radius 3 is 2.24 bits per heavy atom. The van der Waals surface area contributed by atoms with Gasteiger partial charge in [-0.2, -0.15) is 0 Å². The third kappa shape index (κ3) is 5.39. The molecular formula is C29H32O4. The Bertz CT molecular complexity index is 1050. The van der Waals surface area contributed by atoms with Crippen LogP contribution in [0.25, 0.3) is 11.1 Å². The van der Waals surface area contributed by atoms with Crippen LogP contribution in [-0.4, -0.2) is 26.3 Å².